The van der Waals surface area contributed by atoms with Crippen LogP contribution in [0.1, 0.15) is 19.3 Å². The number of ether oxygens (including phenoxy) is 3. The second-order valence-electron chi connectivity index (χ2n) is 8.00. The van der Waals surface area contributed by atoms with Crippen molar-refractivity contribution in [3.05, 3.63) is 78.9 Å². The summed E-state index contributed by atoms with van der Waals surface area (Å²) in [6, 6.07) is 24.1. The maximum atomic E-state index is 12.8. The molecule has 7 heteroatoms. The molecule has 0 spiro atoms. The van der Waals surface area contributed by atoms with Gasteiger partial charge in [0.1, 0.15) is 11.5 Å². The van der Waals surface area contributed by atoms with Gasteiger partial charge in [0.05, 0.1) is 7.11 Å². The number of amides is 2. The van der Waals surface area contributed by atoms with Gasteiger partial charge in [-0.25, -0.2) is 0 Å². The predicted molar refractivity (Wildman–Crippen MR) is 129 cm³/mol. The summed E-state index contributed by atoms with van der Waals surface area (Å²) in [6.07, 6.45) is 2.11. The number of benzene rings is 3. The van der Waals surface area contributed by atoms with Crippen LogP contribution in [0.2, 0.25) is 0 Å². The van der Waals surface area contributed by atoms with Gasteiger partial charge in [-0.15, -0.1) is 0 Å². The van der Waals surface area contributed by atoms with Gasteiger partial charge in [0, 0.05) is 24.7 Å². The minimum Gasteiger partial charge on any atom is -0.493 e. The number of nitrogens with zero attached hydrogens (tertiary/aromatic N) is 1. The average molecular weight is 461 g/mol. The first-order valence-corrected chi connectivity index (χ1v) is 11.3. The molecule has 4 rings (SSSR count). The van der Waals surface area contributed by atoms with Crippen LogP contribution in [0.3, 0.4) is 0 Å². The summed E-state index contributed by atoms with van der Waals surface area (Å²) < 4.78 is 16.7. The first kappa shape index (κ1) is 23.2. The fraction of sp³-hybridized carbons (Fsp3) is 0.259. The molecule has 0 unspecified atom stereocenters. The van der Waals surface area contributed by atoms with Crippen molar-refractivity contribution in [2.75, 3.05) is 25.6 Å². The number of hydrogen-bond donors (Lipinski definition) is 1. The Morgan fingerprint density at radius 1 is 0.882 bits per heavy atom. The SMILES string of the molecule is COc1ccccc1OCC(=O)N(CCC(=O)Nc1ccc(Oc2ccccc2)cc1)C1CC1. The van der Waals surface area contributed by atoms with E-state index in [9.17, 15) is 9.59 Å². The molecule has 0 bridgehead atoms. The number of rotatable bonds is 11. The minimum absolute atomic E-state index is 0.0959. The lowest BCUT2D eigenvalue weighted by Gasteiger charge is -2.22. The van der Waals surface area contributed by atoms with Gasteiger partial charge in [0.25, 0.3) is 5.91 Å². The van der Waals surface area contributed by atoms with E-state index in [0.29, 0.717) is 29.5 Å². The Bertz CT molecular complexity index is 1100. The molecule has 2 amide bonds. The van der Waals surface area contributed by atoms with Crippen molar-refractivity contribution in [3.8, 4) is 23.0 Å². The lowest BCUT2D eigenvalue weighted by molar-refractivity contribution is -0.134. The smallest absolute Gasteiger partial charge is 0.260 e. The van der Waals surface area contributed by atoms with Gasteiger partial charge >= 0.3 is 0 Å². The van der Waals surface area contributed by atoms with E-state index in [1.54, 1.807) is 48.4 Å². The van der Waals surface area contributed by atoms with Crippen LogP contribution in [-0.4, -0.2) is 43.0 Å². The molecule has 3 aromatic rings. The van der Waals surface area contributed by atoms with Crippen molar-refractivity contribution in [2.45, 2.75) is 25.3 Å². The van der Waals surface area contributed by atoms with Crippen LogP contribution in [0.25, 0.3) is 0 Å². The number of para-hydroxylation sites is 3. The van der Waals surface area contributed by atoms with E-state index in [-0.39, 0.29) is 30.9 Å². The van der Waals surface area contributed by atoms with Gasteiger partial charge < -0.3 is 24.4 Å². The van der Waals surface area contributed by atoms with Crippen LogP contribution < -0.4 is 19.5 Å². The Kier molecular flexibility index (Phi) is 7.65. The van der Waals surface area contributed by atoms with Gasteiger partial charge in [-0.05, 0) is 61.4 Å². The van der Waals surface area contributed by atoms with Gasteiger partial charge in [-0.2, -0.15) is 0 Å². The molecule has 0 radical (unpaired) electrons. The lowest BCUT2D eigenvalue weighted by atomic mass is 10.2. The fourth-order valence-electron chi connectivity index (χ4n) is 3.53. The third kappa shape index (κ3) is 6.51. The van der Waals surface area contributed by atoms with Crippen LogP contribution in [0.5, 0.6) is 23.0 Å². The standard InChI is InChI=1S/C27H28N2O5/c1-32-24-9-5-6-10-25(24)33-19-27(31)29(21-13-14-21)18-17-26(30)28-20-11-15-23(16-12-20)34-22-7-3-2-4-8-22/h2-12,15-16,21H,13-14,17-19H2,1H3,(H,28,30). The number of carbonyl (C=O) groups excluding carboxylic acids is 2. The molecule has 176 valence electrons. The van der Waals surface area contributed by atoms with Crippen LogP contribution >= 0.6 is 0 Å². The number of hydrogen-bond acceptors (Lipinski definition) is 5. The maximum absolute atomic E-state index is 12.8. The molecule has 34 heavy (non-hydrogen) atoms. The molecule has 0 aromatic heterocycles. The molecule has 0 saturated heterocycles. The molecule has 3 aromatic carbocycles. The van der Waals surface area contributed by atoms with Crippen molar-refractivity contribution in [3.63, 3.8) is 0 Å². The summed E-state index contributed by atoms with van der Waals surface area (Å²) in [5, 5.41) is 2.88. The second kappa shape index (κ2) is 11.2. The van der Waals surface area contributed by atoms with Gasteiger partial charge in [-0.1, -0.05) is 30.3 Å². The Balaban J connectivity index is 1.25. The van der Waals surface area contributed by atoms with E-state index in [0.717, 1.165) is 18.6 Å². The molecular formula is C27H28N2O5. The highest BCUT2D eigenvalue weighted by Crippen LogP contribution is 2.29. The zero-order valence-corrected chi connectivity index (χ0v) is 19.1. The second-order valence-corrected chi connectivity index (χ2v) is 8.00. The molecule has 1 fully saturated rings. The van der Waals surface area contributed by atoms with Crippen molar-refractivity contribution in [1.29, 1.82) is 0 Å². The van der Waals surface area contributed by atoms with E-state index in [1.807, 2.05) is 42.5 Å². The highest BCUT2D eigenvalue weighted by atomic mass is 16.5. The predicted octanol–water partition coefficient (Wildman–Crippen LogP) is 4.89. The highest BCUT2D eigenvalue weighted by molar-refractivity contribution is 5.91. The van der Waals surface area contributed by atoms with Gasteiger partial charge in [0.15, 0.2) is 18.1 Å². The van der Waals surface area contributed by atoms with Crippen LogP contribution in [0, 0.1) is 0 Å². The Morgan fingerprint density at radius 2 is 1.53 bits per heavy atom. The third-order valence-corrected chi connectivity index (χ3v) is 5.42. The zero-order valence-electron chi connectivity index (χ0n) is 19.1. The maximum Gasteiger partial charge on any atom is 0.260 e. The first-order chi connectivity index (χ1) is 16.6. The Hall–Kier alpha value is -4.00. The number of nitrogens with one attached hydrogen (secondary N) is 1. The Morgan fingerprint density at radius 3 is 2.21 bits per heavy atom. The van der Waals surface area contributed by atoms with E-state index >= 15 is 0 Å². The molecule has 7 nitrogen and oxygen atoms in total. The van der Waals surface area contributed by atoms with Crippen LogP contribution in [0.15, 0.2) is 78.9 Å². The van der Waals surface area contributed by atoms with Crippen molar-refractivity contribution in [1.82, 2.24) is 4.90 Å². The Labute approximate surface area is 199 Å². The van der Waals surface area contributed by atoms with E-state index < -0.39 is 0 Å². The molecule has 1 aliphatic carbocycles. The minimum atomic E-state index is -0.152. The topological polar surface area (TPSA) is 77.1 Å². The highest BCUT2D eigenvalue weighted by Gasteiger charge is 2.32. The third-order valence-electron chi connectivity index (χ3n) is 5.42. The summed E-state index contributed by atoms with van der Waals surface area (Å²) in [6.45, 7) is 0.251. The zero-order chi connectivity index (χ0) is 23.8. The molecule has 1 N–H and O–H groups in total. The number of anilines is 1. The van der Waals surface area contributed by atoms with E-state index in [2.05, 4.69) is 5.32 Å². The molecular weight excluding hydrogens is 432 g/mol. The van der Waals surface area contributed by atoms with Gasteiger partial charge in [0.2, 0.25) is 5.91 Å². The summed E-state index contributed by atoms with van der Waals surface area (Å²) in [4.78, 5) is 27.0. The summed E-state index contributed by atoms with van der Waals surface area (Å²) in [5.41, 5.74) is 0.675. The van der Waals surface area contributed by atoms with E-state index in [1.165, 1.54) is 0 Å². The van der Waals surface area contributed by atoms with Crippen LogP contribution in [-0.2, 0) is 9.59 Å². The first-order valence-electron chi connectivity index (χ1n) is 11.3. The summed E-state index contributed by atoms with van der Waals surface area (Å²) in [5.74, 6) is 2.24. The van der Waals surface area contributed by atoms with Crippen molar-refractivity contribution >= 4 is 17.5 Å². The normalized spacial score (nSPS) is 12.5. The number of carbonyl (C=O) groups is 2. The summed E-state index contributed by atoms with van der Waals surface area (Å²) >= 11 is 0. The van der Waals surface area contributed by atoms with Gasteiger partial charge in [-0.3, -0.25) is 9.59 Å². The molecule has 1 saturated carbocycles. The summed E-state index contributed by atoms with van der Waals surface area (Å²) in [7, 11) is 1.56. The quantitative estimate of drug-likeness (QED) is 0.441. The molecule has 1 aliphatic rings. The van der Waals surface area contributed by atoms with E-state index in [4.69, 9.17) is 14.2 Å². The monoisotopic (exact) mass is 460 g/mol. The molecule has 0 heterocycles. The molecule has 0 aliphatic heterocycles. The largest absolute Gasteiger partial charge is 0.493 e. The van der Waals surface area contributed by atoms with Crippen molar-refractivity contribution in [2.24, 2.45) is 0 Å². The van der Waals surface area contributed by atoms with Crippen LogP contribution in [0.4, 0.5) is 5.69 Å². The van der Waals surface area contributed by atoms with Crippen molar-refractivity contribution < 1.29 is 23.8 Å². The lowest BCUT2D eigenvalue weighted by Crippen LogP contribution is -2.38. The molecule has 0 atom stereocenters. The number of methoxy groups -OCH3 is 1. The average Bonchev–Trinajstić information content (AvgIpc) is 3.70. The fourth-order valence-corrected chi connectivity index (χ4v) is 3.53.